The van der Waals surface area contributed by atoms with Gasteiger partial charge >= 0.3 is 13.5 Å². The van der Waals surface area contributed by atoms with Gasteiger partial charge in [0.1, 0.15) is 11.9 Å². The molecule has 0 spiro atoms. The molecule has 1 aliphatic rings. The highest BCUT2D eigenvalue weighted by Crippen LogP contribution is 2.38. The number of nitrogens with zero attached hydrogens (tertiary/aromatic N) is 7. The second-order valence-electron chi connectivity index (χ2n) is 4.79. The molecule has 0 radical (unpaired) electrons. The molecule has 1 saturated heterocycles. The van der Waals surface area contributed by atoms with E-state index in [2.05, 4.69) is 24.6 Å². The smallest absolute Gasteiger partial charge is 0.352 e. The summed E-state index contributed by atoms with van der Waals surface area (Å²) in [5, 5.41) is 6.58. The Bertz CT molecular complexity index is 907. The fourth-order valence-corrected chi connectivity index (χ4v) is 2.54. The van der Waals surface area contributed by atoms with E-state index in [4.69, 9.17) is 25.6 Å². The first-order valence-corrected chi connectivity index (χ1v) is 8.08. The first-order valence-electron chi connectivity index (χ1n) is 6.55. The normalized spacial score (nSPS) is 22.9. The summed E-state index contributed by atoms with van der Waals surface area (Å²) in [6.07, 6.45) is -1.17. The molecule has 1 aliphatic heterocycles. The van der Waals surface area contributed by atoms with E-state index in [0.717, 1.165) is 10.8 Å². The summed E-state index contributed by atoms with van der Waals surface area (Å²) in [7, 11) is -4.77. The van der Waals surface area contributed by atoms with E-state index < -0.39 is 44.1 Å². The Morgan fingerprint density at radius 2 is 2.16 bits per heavy atom. The van der Waals surface area contributed by atoms with Crippen LogP contribution in [0.2, 0.25) is 0 Å². The number of nitrogens with one attached hydrogen (secondary N) is 1. The number of azide groups is 2. The van der Waals surface area contributed by atoms with Crippen LogP contribution < -0.4 is 11.2 Å². The van der Waals surface area contributed by atoms with Crippen LogP contribution in [0.5, 0.6) is 0 Å². The van der Waals surface area contributed by atoms with Crippen LogP contribution in [0.4, 0.5) is 5.69 Å². The van der Waals surface area contributed by atoms with E-state index in [1.54, 1.807) is 0 Å². The molecule has 1 unspecified atom stereocenters. The van der Waals surface area contributed by atoms with Crippen LogP contribution in [0.25, 0.3) is 20.9 Å². The van der Waals surface area contributed by atoms with Crippen LogP contribution in [0.3, 0.4) is 0 Å². The van der Waals surface area contributed by atoms with E-state index in [1.165, 1.54) is 0 Å². The molecule has 0 aliphatic carbocycles. The predicted octanol–water partition coefficient (Wildman–Crippen LogP) is 0.554. The van der Waals surface area contributed by atoms with Crippen molar-refractivity contribution >= 4 is 13.5 Å². The molecule has 0 saturated carbocycles. The van der Waals surface area contributed by atoms with E-state index in [0.29, 0.717) is 0 Å². The first-order chi connectivity index (χ1) is 11.7. The van der Waals surface area contributed by atoms with Gasteiger partial charge in [0.05, 0.1) is 18.8 Å². The van der Waals surface area contributed by atoms with Gasteiger partial charge in [-0.25, -0.2) is 9.36 Å². The van der Waals surface area contributed by atoms with Crippen molar-refractivity contribution in [2.24, 2.45) is 10.2 Å². The Labute approximate surface area is 137 Å². The van der Waals surface area contributed by atoms with Gasteiger partial charge in [-0.2, -0.15) is 0 Å². The topological polar surface area (TPSA) is 228 Å². The maximum atomic E-state index is 11.9. The molecular formula is C9H11N8O7P. The van der Waals surface area contributed by atoms with Gasteiger partial charge in [0.25, 0.3) is 5.56 Å². The number of H-pyrrole nitrogens is 1. The van der Waals surface area contributed by atoms with Crippen molar-refractivity contribution in [2.75, 3.05) is 6.61 Å². The SMILES string of the molecule is [N-]=[N+]=Nc1cn([C@H]2CC(N=[N+]=[N-])[C@@H](COP(=O)(O)O)O2)c(=O)[nH]c1=O. The number of ether oxygens (including phenoxy) is 1. The fraction of sp³-hybridized carbons (Fsp3) is 0.556. The number of rotatable bonds is 6. The summed E-state index contributed by atoms with van der Waals surface area (Å²) in [6.45, 7) is -0.591. The molecule has 0 amide bonds. The quantitative estimate of drug-likeness (QED) is 0.277. The van der Waals surface area contributed by atoms with Crippen molar-refractivity contribution in [1.29, 1.82) is 0 Å². The second-order valence-corrected chi connectivity index (χ2v) is 6.03. The van der Waals surface area contributed by atoms with E-state index in [1.807, 2.05) is 4.98 Å². The van der Waals surface area contributed by atoms with Crippen molar-refractivity contribution in [2.45, 2.75) is 24.8 Å². The molecule has 134 valence electrons. The zero-order valence-corrected chi connectivity index (χ0v) is 13.1. The number of phosphoric acid groups is 1. The molecular weight excluding hydrogens is 363 g/mol. The van der Waals surface area contributed by atoms with Gasteiger partial charge in [-0.1, -0.05) is 10.2 Å². The zero-order chi connectivity index (χ0) is 18.6. The lowest BCUT2D eigenvalue weighted by Crippen LogP contribution is -2.32. The molecule has 1 aromatic heterocycles. The Balaban J connectivity index is 2.32. The van der Waals surface area contributed by atoms with Crippen LogP contribution in [0.15, 0.2) is 26.0 Å². The van der Waals surface area contributed by atoms with Crippen LogP contribution in [0.1, 0.15) is 12.6 Å². The molecule has 3 atom stereocenters. The molecule has 15 nitrogen and oxygen atoms in total. The van der Waals surface area contributed by atoms with Crippen LogP contribution in [-0.2, 0) is 13.8 Å². The van der Waals surface area contributed by atoms with Gasteiger partial charge in [-0.3, -0.25) is 18.9 Å². The number of hydrogen-bond acceptors (Lipinski definition) is 7. The van der Waals surface area contributed by atoms with Gasteiger partial charge < -0.3 is 14.5 Å². The monoisotopic (exact) mass is 374 g/mol. The Morgan fingerprint density at radius 3 is 2.76 bits per heavy atom. The Hall–Kier alpha value is -2.63. The lowest BCUT2D eigenvalue weighted by atomic mass is 10.1. The van der Waals surface area contributed by atoms with Gasteiger partial charge in [0, 0.05) is 22.4 Å². The van der Waals surface area contributed by atoms with Crippen molar-refractivity contribution in [3.63, 3.8) is 0 Å². The zero-order valence-electron chi connectivity index (χ0n) is 12.2. The van der Waals surface area contributed by atoms with Crippen molar-refractivity contribution in [3.8, 4) is 0 Å². The maximum Gasteiger partial charge on any atom is 0.469 e. The molecule has 2 rings (SSSR count). The largest absolute Gasteiger partial charge is 0.469 e. The number of aromatic amines is 1. The third kappa shape index (κ3) is 4.68. The predicted molar refractivity (Wildman–Crippen MR) is 79.6 cm³/mol. The van der Waals surface area contributed by atoms with Gasteiger partial charge in [0.2, 0.25) is 0 Å². The summed E-state index contributed by atoms with van der Waals surface area (Å²) in [4.78, 5) is 47.9. The summed E-state index contributed by atoms with van der Waals surface area (Å²) >= 11 is 0. The summed E-state index contributed by atoms with van der Waals surface area (Å²) in [6, 6.07) is -0.886. The highest BCUT2D eigenvalue weighted by atomic mass is 31.2. The number of phosphoric ester groups is 1. The van der Waals surface area contributed by atoms with E-state index in [9.17, 15) is 14.2 Å². The molecule has 25 heavy (non-hydrogen) atoms. The minimum atomic E-state index is -4.77. The minimum absolute atomic E-state index is 0.0408. The third-order valence-electron chi connectivity index (χ3n) is 3.22. The number of aromatic nitrogens is 2. The molecule has 1 fully saturated rings. The standard InChI is InChI=1S/C9H11N8O7P/c10-15-13-4-1-7(24-6(4)3-23-25(20,21)22)17-2-5(14-16-11)8(18)12-9(17)19/h2,4,6-7H,1,3H2,(H,12,18,19)(H2,20,21,22)/t4?,6-,7-/m1/s1. The molecule has 0 aromatic carbocycles. The fourth-order valence-electron chi connectivity index (χ4n) is 2.20. The van der Waals surface area contributed by atoms with Crippen LogP contribution in [-0.4, -0.2) is 38.1 Å². The average molecular weight is 374 g/mol. The minimum Gasteiger partial charge on any atom is -0.352 e. The molecule has 16 heteroatoms. The van der Waals surface area contributed by atoms with E-state index >= 15 is 0 Å². The lowest BCUT2D eigenvalue weighted by Gasteiger charge is -2.16. The van der Waals surface area contributed by atoms with Crippen LogP contribution >= 0.6 is 7.82 Å². The number of hydrogen-bond donors (Lipinski definition) is 3. The van der Waals surface area contributed by atoms with Crippen molar-refractivity contribution in [1.82, 2.24) is 9.55 Å². The van der Waals surface area contributed by atoms with Gasteiger partial charge in [0.15, 0.2) is 0 Å². The molecule has 3 N–H and O–H groups in total. The van der Waals surface area contributed by atoms with Gasteiger partial charge in [-0.15, -0.1) is 0 Å². The second kappa shape index (κ2) is 7.51. The van der Waals surface area contributed by atoms with Gasteiger partial charge in [-0.05, 0) is 11.1 Å². The highest BCUT2D eigenvalue weighted by Gasteiger charge is 2.37. The van der Waals surface area contributed by atoms with Crippen molar-refractivity contribution < 1.29 is 23.6 Å². The maximum absolute atomic E-state index is 11.9. The molecule has 0 bridgehead atoms. The van der Waals surface area contributed by atoms with Crippen LogP contribution in [0, 0.1) is 0 Å². The average Bonchev–Trinajstić information content (AvgIpc) is 2.90. The lowest BCUT2D eigenvalue weighted by molar-refractivity contribution is -0.0266. The van der Waals surface area contributed by atoms with Crippen molar-refractivity contribution in [3.05, 3.63) is 47.9 Å². The molecule has 2 heterocycles. The van der Waals surface area contributed by atoms with E-state index in [-0.39, 0.29) is 12.1 Å². The Morgan fingerprint density at radius 1 is 1.44 bits per heavy atom. The highest BCUT2D eigenvalue weighted by molar-refractivity contribution is 7.46. The Kier molecular flexibility index (Phi) is 5.62. The summed E-state index contributed by atoms with van der Waals surface area (Å²) in [5.41, 5.74) is 14.8. The summed E-state index contributed by atoms with van der Waals surface area (Å²) in [5.74, 6) is 0. The third-order valence-corrected chi connectivity index (χ3v) is 3.71. The summed E-state index contributed by atoms with van der Waals surface area (Å²) < 4.78 is 21.5. The first kappa shape index (κ1) is 18.7. The molecule has 1 aromatic rings.